The summed E-state index contributed by atoms with van der Waals surface area (Å²) in [5.74, 6) is 0.297. The summed E-state index contributed by atoms with van der Waals surface area (Å²) in [6, 6.07) is 8.30. The Hall–Kier alpha value is -3.16. The van der Waals surface area contributed by atoms with Crippen molar-refractivity contribution in [2.24, 2.45) is 5.73 Å². The van der Waals surface area contributed by atoms with E-state index in [2.05, 4.69) is 15.5 Å². The Morgan fingerprint density at radius 2 is 1.96 bits per heavy atom. The van der Waals surface area contributed by atoms with Crippen LogP contribution in [0.1, 0.15) is 42.9 Å². The summed E-state index contributed by atoms with van der Waals surface area (Å²) in [4.78, 5) is 37.2. The summed E-state index contributed by atoms with van der Waals surface area (Å²) < 4.78 is 0. The topological polar surface area (TPSA) is 121 Å². The van der Waals surface area contributed by atoms with Crippen molar-refractivity contribution in [3.63, 3.8) is 0 Å². The third-order valence-electron chi connectivity index (χ3n) is 5.00. The van der Waals surface area contributed by atoms with E-state index < -0.39 is 11.9 Å². The lowest BCUT2D eigenvalue weighted by Gasteiger charge is -2.22. The van der Waals surface area contributed by atoms with Gasteiger partial charge in [-0.15, -0.1) is 0 Å². The number of amides is 3. The lowest BCUT2D eigenvalue weighted by Crippen LogP contribution is -2.42. The first-order chi connectivity index (χ1) is 13.0. The number of rotatable bonds is 6. The quantitative estimate of drug-likeness (QED) is 0.715. The average Bonchev–Trinajstić information content (AvgIpc) is 3.26. The Balaban J connectivity index is 1.39. The number of nitrogens with one attached hydrogen (secondary N) is 2. The van der Waals surface area contributed by atoms with Gasteiger partial charge in [-0.1, -0.05) is 12.1 Å². The fraction of sp³-hybridized carbons (Fsp3) is 0.368. The van der Waals surface area contributed by atoms with Crippen molar-refractivity contribution in [1.29, 1.82) is 0 Å². The maximum atomic E-state index is 12.2. The van der Waals surface area contributed by atoms with Crippen LogP contribution in [0.5, 0.6) is 0 Å². The third kappa shape index (κ3) is 3.69. The maximum Gasteiger partial charge on any atom is 0.240 e. The standard InChI is InChI=1S/C19H21N5O3/c20-19(27)15-7-8-18(26)24(15)13-5-1-11(2-6-13)9-17(25)21-16-10-14(22-23-16)12-3-4-12/h1-2,5-6,10,12,15H,3-4,7-9H2,(H2,20,27)(H2,21,22,23,25). The smallest absolute Gasteiger partial charge is 0.240 e. The van der Waals surface area contributed by atoms with E-state index in [0.717, 1.165) is 24.1 Å². The molecule has 0 bridgehead atoms. The first-order valence-electron chi connectivity index (χ1n) is 9.07. The van der Waals surface area contributed by atoms with Gasteiger partial charge in [-0.2, -0.15) is 5.10 Å². The van der Waals surface area contributed by atoms with Crippen LogP contribution in [0.15, 0.2) is 30.3 Å². The van der Waals surface area contributed by atoms with Gasteiger partial charge in [0.2, 0.25) is 17.7 Å². The van der Waals surface area contributed by atoms with Crippen molar-refractivity contribution < 1.29 is 14.4 Å². The minimum Gasteiger partial charge on any atom is -0.368 e. The Bertz CT molecular complexity index is 885. The van der Waals surface area contributed by atoms with Gasteiger partial charge in [0.1, 0.15) is 6.04 Å². The molecule has 1 saturated carbocycles. The van der Waals surface area contributed by atoms with Gasteiger partial charge in [0.25, 0.3) is 0 Å². The van der Waals surface area contributed by atoms with Gasteiger partial charge in [0, 0.05) is 29.8 Å². The highest BCUT2D eigenvalue weighted by atomic mass is 16.2. The van der Waals surface area contributed by atoms with Crippen LogP contribution in [0.2, 0.25) is 0 Å². The molecule has 1 aliphatic heterocycles. The molecule has 2 aliphatic rings. The number of anilines is 2. The molecule has 4 rings (SSSR count). The molecule has 8 nitrogen and oxygen atoms in total. The molecule has 2 heterocycles. The molecule has 2 fully saturated rings. The first kappa shape index (κ1) is 17.3. The van der Waals surface area contributed by atoms with E-state index in [-0.39, 0.29) is 18.2 Å². The molecule has 0 spiro atoms. The summed E-state index contributed by atoms with van der Waals surface area (Å²) in [6.07, 6.45) is 3.27. The average molecular weight is 367 g/mol. The number of carbonyl (C=O) groups is 3. The molecule has 4 N–H and O–H groups in total. The molecule has 1 aromatic heterocycles. The minimum atomic E-state index is -0.605. The molecule has 8 heteroatoms. The van der Waals surface area contributed by atoms with E-state index in [4.69, 9.17) is 5.73 Å². The van der Waals surface area contributed by atoms with Crippen molar-refractivity contribution in [1.82, 2.24) is 10.2 Å². The Morgan fingerprint density at radius 1 is 1.22 bits per heavy atom. The second-order valence-electron chi connectivity index (χ2n) is 7.09. The maximum absolute atomic E-state index is 12.2. The number of carbonyl (C=O) groups excluding carboxylic acids is 3. The Kier molecular flexibility index (Phi) is 4.39. The van der Waals surface area contributed by atoms with Crippen LogP contribution in [-0.4, -0.2) is 34.0 Å². The van der Waals surface area contributed by atoms with Crippen LogP contribution in [0, 0.1) is 0 Å². The lowest BCUT2D eigenvalue weighted by molar-refractivity contribution is -0.121. The molecule has 1 unspecified atom stereocenters. The van der Waals surface area contributed by atoms with Gasteiger partial charge < -0.3 is 11.1 Å². The van der Waals surface area contributed by atoms with Gasteiger partial charge in [-0.05, 0) is 37.0 Å². The minimum absolute atomic E-state index is 0.116. The monoisotopic (exact) mass is 367 g/mol. The number of benzene rings is 1. The van der Waals surface area contributed by atoms with Crippen molar-refractivity contribution >= 4 is 29.2 Å². The fourth-order valence-corrected chi connectivity index (χ4v) is 3.43. The van der Waals surface area contributed by atoms with Crippen LogP contribution in [0.4, 0.5) is 11.5 Å². The molecule has 3 amide bonds. The van der Waals surface area contributed by atoms with E-state index in [0.29, 0.717) is 30.3 Å². The molecule has 1 aromatic carbocycles. The zero-order valence-electron chi connectivity index (χ0n) is 14.8. The van der Waals surface area contributed by atoms with Crippen molar-refractivity contribution in [3.05, 3.63) is 41.6 Å². The zero-order valence-corrected chi connectivity index (χ0v) is 14.8. The highest BCUT2D eigenvalue weighted by Crippen LogP contribution is 2.39. The summed E-state index contributed by atoms with van der Waals surface area (Å²) in [5, 5.41) is 9.85. The number of aromatic amines is 1. The van der Waals surface area contributed by atoms with Crippen molar-refractivity contribution in [3.8, 4) is 0 Å². The summed E-state index contributed by atoms with van der Waals surface area (Å²) in [5.41, 5.74) is 7.87. The number of nitrogens with two attached hydrogens (primary N) is 1. The number of hydrogen-bond donors (Lipinski definition) is 3. The Morgan fingerprint density at radius 3 is 2.63 bits per heavy atom. The van der Waals surface area contributed by atoms with Crippen LogP contribution in [0.3, 0.4) is 0 Å². The summed E-state index contributed by atoms with van der Waals surface area (Å²) in [6.45, 7) is 0. The molecule has 1 aliphatic carbocycles. The van der Waals surface area contributed by atoms with Gasteiger partial charge in [0.15, 0.2) is 5.82 Å². The number of aromatic nitrogens is 2. The molecule has 0 radical (unpaired) electrons. The zero-order chi connectivity index (χ0) is 19.0. The van der Waals surface area contributed by atoms with Crippen LogP contribution < -0.4 is 16.0 Å². The first-order valence-corrected chi connectivity index (χ1v) is 9.07. The SMILES string of the molecule is NC(=O)C1CCC(=O)N1c1ccc(CC(=O)Nc2cc(C3CC3)[nH]n2)cc1. The van der Waals surface area contributed by atoms with Gasteiger partial charge in [-0.25, -0.2) is 0 Å². The number of H-pyrrole nitrogens is 1. The largest absolute Gasteiger partial charge is 0.368 e. The van der Waals surface area contributed by atoms with Crippen molar-refractivity contribution in [2.45, 2.75) is 44.1 Å². The van der Waals surface area contributed by atoms with Crippen LogP contribution in [-0.2, 0) is 20.8 Å². The molecular formula is C19H21N5O3. The number of hydrogen-bond acceptors (Lipinski definition) is 4. The molecule has 140 valence electrons. The van der Waals surface area contributed by atoms with Gasteiger partial charge >= 0.3 is 0 Å². The fourth-order valence-electron chi connectivity index (χ4n) is 3.43. The van der Waals surface area contributed by atoms with E-state index in [1.54, 1.807) is 24.3 Å². The number of nitrogens with zero attached hydrogens (tertiary/aromatic N) is 2. The van der Waals surface area contributed by atoms with Crippen LogP contribution >= 0.6 is 0 Å². The predicted octanol–water partition coefficient (Wildman–Crippen LogP) is 1.45. The molecule has 1 saturated heterocycles. The predicted molar refractivity (Wildman–Crippen MR) is 99.0 cm³/mol. The normalized spacial score (nSPS) is 19.3. The number of primary amides is 1. The summed E-state index contributed by atoms with van der Waals surface area (Å²) >= 11 is 0. The third-order valence-corrected chi connectivity index (χ3v) is 5.00. The van der Waals surface area contributed by atoms with Gasteiger partial charge in [0.05, 0.1) is 6.42 Å². The van der Waals surface area contributed by atoms with Gasteiger partial charge in [-0.3, -0.25) is 24.4 Å². The van der Waals surface area contributed by atoms with Crippen LogP contribution in [0.25, 0.3) is 0 Å². The molecule has 1 atom stereocenters. The highest BCUT2D eigenvalue weighted by molar-refractivity contribution is 6.03. The highest BCUT2D eigenvalue weighted by Gasteiger charge is 2.35. The van der Waals surface area contributed by atoms with E-state index in [9.17, 15) is 14.4 Å². The molecular weight excluding hydrogens is 346 g/mol. The van der Waals surface area contributed by atoms with E-state index in [1.807, 2.05) is 6.07 Å². The second kappa shape index (κ2) is 6.86. The molecule has 27 heavy (non-hydrogen) atoms. The van der Waals surface area contributed by atoms with E-state index in [1.165, 1.54) is 4.90 Å². The molecule has 2 aromatic rings. The second-order valence-corrected chi connectivity index (χ2v) is 7.09. The summed E-state index contributed by atoms with van der Waals surface area (Å²) in [7, 11) is 0. The van der Waals surface area contributed by atoms with E-state index >= 15 is 0 Å². The van der Waals surface area contributed by atoms with Crippen molar-refractivity contribution in [2.75, 3.05) is 10.2 Å². The Labute approximate surface area is 156 Å². The lowest BCUT2D eigenvalue weighted by atomic mass is 10.1.